The first-order chi connectivity index (χ1) is 26.1. The number of nitrogens with zero attached hydrogens (tertiary/aromatic N) is 3. The van der Waals surface area contributed by atoms with Crippen LogP contribution in [0.5, 0.6) is 0 Å². The number of benzene rings is 6. The lowest BCUT2D eigenvalue weighted by molar-refractivity contribution is 1.02. The summed E-state index contributed by atoms with van der Waals surface area (Å²) < 4.78 is 4.65. The van der Waals surface area contributed by atoms with Gasteiger partial charge in [-0.25, -0.2) is 4.99 Å². The highest BCUT2D eigenvalue weighted by molar-refractivity contribution is 6.23. The Kier molecular flexibility index (Phi) is 7.33. The van der Waals surface area contributed by atoms with Gasteiger partial charge in [0, 0.05) is 32.8 Å². The van der Waals surface area contributed by atoms with E-state index in [1.807, 2.05) is 0 Å². The number of para-hydroxylation sites is 1. The van der Waals surface area contributed by atoms with Crippen LogP contribution in [0.25, 0.3) is 82.6 Å². The molecule has 0 N–H and O–H groups in total. The minimum atomic E-state index is 0.682. The third-order valence-electron chi connectivity index (χ3n) is 10.9. The first-order valence-corrected chi connectivity index (χ1v) is 18.4. The van der Waals surface area contributed by atoms with Crippen LogP contribution in [-0.4, -0.2) is 14.8 Å². The molecule has 0 saturated heterocycles. The van der Waals surface area contributed by atoms with E-state index in [0.717, 1.165) is 35.2 Å². The van der Waals surface area contributed by atoms with Gasteiger partial charge in [-0.1, -0.05) is 128 Å². The molecule has 0 bridgehead atoms. The van der Waals surface area contributed by atoms with E-state index >= 15 is 0 Å². The van der Waals surface area contributed by atoms with Crippen LogP contribution >= 0.6 is 0 Å². The Labute approximate surface area is 308 Å². The van der Waals surface area contributed by atoms with Gasteiger partial charge in [0.05, 0.1) is 27.8 Å². The summed E-state index contributed by atoms with van der Waals surface area (Å²) in [6.45, 7) is 6.77. The molecule has 0 spiro atoms. The lowest BCUT2D eigenvalue weighted by Gasteiger charge is -2.14. The fraction of sp³-hybridized carbons (Fsp3) is 0.0600. The van der Waals surface area contributed by atoms with E-state index in [1.165, 1.54) is 71.3 Å². The molecule has 2 heterocycles. The van der Waals surface area contributed by atoms with E-state index in [4.69, 9.17) is 4.99 Å². The SMILES string of the molecule is C=C(/N=C1/C=CC=C/C1=C(/C)c1ccccc1)n1c2ccc(-c3ccc4c(c3)c3ccccc3n4C3=CCCC=C3)cc2c2c3ccccc3ccc21. The second-order valence-corrected chi connectivity index (χ2v) is 14.0. The third kappa shape index (κ3) is 5.08. The second kappa shape index (κ2) is 12.5. The summed E-state index contributed by atoms with van der Waals surface area (Å²) >= 11 is 0. The first kappa shape index (κ1) is 31.1. The standard InChI is InChI=1S/C50H37N3/c1-33(35-15-5-3-6-16-35)40-20-11-13-23-45(40)51-34(2)52-48-29-27-38(32-44(48)50-41-21-10-9-17-36(41)25-30-49(50)52)37-26-28-47-43(31-37)42-22-12-14-24-46(42)53(47)39-18-7-4-8-19-39/h3,5-7,9-32H,2,4,8H2,1H3/b40-33+,51-45-. The zero-order valence-electron chi connectivity index (χ0n) is 29.6. The molecule has 0 unspecified atom stereocenters. The average molecular weight is 680 g/mol. The molecule has 6 aromatic carbocycles. The van der Waals surface area contributed by atoms with Gasteiger partial charge in [-0.15, -0.1) is 0 Å². The van der Waals surface area contributed by atoms with Crippen molar-refractivity contribution in [2.75, 3.05) is 0 Å². The Morgan fingerprint density at radius 3 is 2.13 bits per heavy atom. The Balaban J connectivity index is 1.16. The van der Waals surface area contributed by atoms with Crippen LogP contribution in [0, 0.1) is 0 Å². The minimum Gasteiger partial charge on any atom is -0.310 e. The topological polar surface area (TPSA) is 22.2 Å². The fourth-order valence-electron chi connectivity index (χ4n) is 8.37. The number of rotatable bonds is 5. The summed E-state index contributed by atoms with van der Waals surface area (Å²) in [5.41, 5.74) is 12.6. The van der Waals surface area contributed by atoms with Crippen LogP contribution in [0.4, 0.5) is 0 Å². The molecule has 0 atom stereocenters. The fourth-order valence-corrected chi connectivity index (χ4v) is 8.37. The van der Waals surface area contributed by atoms with Gasteiger partial charge >= 0.3 is 0 Å². The van der Waals surface area contributed by atoms with Crippen molar-refractivity contribution < 1.29 is 0 Å². The normalized spacial score (nSPS) is 16.1. The molecule has 252 valence electrons. The van der Waals surface area contributed by atoms with Gasteiger partial charge in [0.15, 0.2) is 0 Å². The molecule has 2 aliphatic rings. The van der Waals surface area contributed by atoms with Crippen LogP contribution in [0.15, 0.2) is 187 Å². The van der Waals surface area contributed by atoms with E-state index in [9.17, 15) is 0 Å². The highest BCUT2D eigenvalue weighted by Gasteiger charge is 2.19. The van der Waals surface area contributed by atoms with Crippen LogP contribution < -0.4 is 0 Å². The monoisotopic (exact) mass is 679 g/mol. The molecule has 0 amide bonds. The quantitative estimate of drug-likeness (QED) is 0.173. The first-order valence-electron chi connectivity index (χ1n) is 18.4. The van der Waals surface area contributed by atoms with Crippen molar-refractivity contribution >= 4 is 77.2 Å². The molecule has 0 aliphatic heterocycles. The molecule has 53 heavy (non-hydrogen) atoms. The van der Waals surface area contributed by atoms with Gasteiger partial charge in [-0.05, 0) is 101 Å². The molecule has 3 heteroatoms. The van der Waals surface area contributed by atoms with Gasteiger partial charge in [0.2, 0.25) is 0 Å². The van der Waals surface area contributed by atoms with Crippen molar-refractivity contribution in [2.24, 2.45) is 4.99 Å². The van der Waals surface area contributed by atoms with Crippen molar-refractivity contribution in [3.63, 3.8) is 0 Å². The molecule has 0 fully saturated rings. The lowest BCUT2D eigenvalue weighted by Crippen LogP contribution is -2.05. The highest BCUT2D eigenvalue weighted by Crippen LogP contribution is 2.41. The second-order valence-electron chi connectivity index (χ2n) is 14.0. The molecular weight excluding hydrogens is 643 g/mol. The maximum Gasteiger partial charge on any atom is 0.131 e. The maximum absolute atomic E-state index is 5.25. The molecule has 2 aliphatic carbocycles. The van der Waals surface area contributed by atoms with Crippen LogP contribution in [0.3, 0.4) is 0 Å². The van der Waals surface area contributed by atoms with Crippen molar-refractivity contribution in [3.05, 3.63) is 188 Å². The summed E-state index contributed by atoms with van der Waals surface area (Å²) in [6, 6.07) is 46.2. The smallest absolute Gasteiger partial charge is 0.131 e. The third-order valence-corrected chi connectivity index (χ3v) is 10.9. The van der Waals surface area contributed by atoms with Crippen LogP contribution in [0.1, 0.15) is 25.3 Å². The van der Waals surface area contributed by atoms with E-state index in [2.05, 4.69) is 193 Å². The van der Waals surface area contributed by atoms with E-state index < -0.39 is 0 Å². The van der Waals surface area contributed by atoms with Crippen molar-refractivity contribution in [1.29, 1.82) is 0 Å². The summed E-state index contributed by atoms with van der Waals surface area (Å²) in [4.78, 5) is 5.25. The molecule has 3 nitrogen and oxygen atoms in total. The predicted molar refractivity (Wildman–Crippen MR) is 228 cm³/mol. The number of allylic oxidation sites excluding steroid dienone is 10. The van der Waals surface area contributed by atoms with Gasteiger partial charge < -0.3 is 4.57 Å². The molecule has 0 radical (unpaired) electrons. The molecular formula is C50H37N3. The summed E-state index contributed by atoms with van der Waals surface area (Å²) in [5, 5.41) is 7.37. The number of hydrogen-bond acceptors (Lipinski definition) is 1. The number of aromatic nitrogens is 2. The number of hydrogen-bond donors (Lipinski definition) is 0. The Bertz CT molecular complexity index is 3010. The van der Waals surface area contributed by atoms with Crippen molar-refractivity contribution in [3.8, 4) is 11.1 Å². The van der Waals surface area contributed by atoms with Crippen LogP contribution in [-0.2, 0) is 0 Å². The molecule has 10 rings (SSSR count). The summed E-state index contributed by atoms with van der Waals surface area (Å²) in [5.74, 6) is 0.682. The van der Waals surface area contributed by atoms with Crippen molar-refractivity contribution in [1.82, 2.24) is 9.13 Å². The highest BCUT2D eigenvalue weighted by atomic mass is 15.1. The Hall–Kier alpha value is -6.71. The van der Waals surface area contributed by atoms with Gasteiger partial charge in [-0.3, -0.25) is 4.57 Å². The summed E-state index contributed by atoms with van der Waals surface area (Å²) in [7, 11) is 0. The predicted octanol–water partition coefficient (Wildman–Crippen LogP) is 13.4. The molecule has 8 aromatic rings. The Morgan fingerprint density at radius 2 is 1.30 bits per heavy atom. The zero-order valence-corrected chi connectivity index (χ0v) is 29.6. The van der Waals surface area contributed by atoms with E-state index in [1.54, 1.807) is 0 Å². The van der Waals surface area contributed by atoms with E-state index in [-0.39, 0.29) is 0 Å². The van der Waals surface area contributed by atoms with E-state index in [0.29, 0.717) is 5.82 Å². The molecule has 0 saturated carbocycles. The zero-order chi connectivity index (χ0) is 35.5. The number of aliphatic imine (C=N–C) groups is 1. The number of fused-ring (bicyclic) bond motifs is 8. The van der Waals surface area contributed by atoms with Gasteiger partial charge in [0.1, 0.15) is 5.82 Å². The van der Waals surface area contributed by atoms with Crippen molar-refractivity contribution in [2.45, 2.75) is 19.8 Å². The largest absolute Gasteiger partial charge is 0.310 e. The summed E-state index contributed by atoms with van der Waals surface area (Å²) in [6.07, 6.45) is 17.4. The van der Waals surface area contributed by atoms with Crippen LogP contribution in [0.2, 0.25) is 0 Å². The lowest BCUT2D eigenvalue weighted by atomic mass is 9.95. The maximum atomic E-state index is 5.25. The molecule has 2 aromatic heterocycles. The average Bonchev–Trinajstić information content (AvgIpc) is 3.74. The van der Waals surface area contributed by atoms with Gasteiger partial charge in [-0.2, -0.15) is 0 Å². The minimum absolute atomic E-state index is 0.682. The van der Waals surface area contributed by atoms with Gasteiger partial charge in [0.25, 0.3) is 0 Å². The Morgan fingerprint density at radius 1 is 0.604 bits per heavy atom.